The number of likely N-dealkylation sites (tertiary alicyclic amines) is 1. The fourth-order valence-corrected chi connectivity index (χ4v) is 5.17. The third kappa shape index (κ3) is 5.57. The molecule has 0 radical (unpaired) electrons. The molecule has 5 rings (SSSR count). The van der Waals surface area contributed by atoms with Gasteiger partial charge in [-0.25, -0.2) is 0 Å². The van der Waals surface area contributed by atoms with E-state index in [0.29, 0.717) is 45.1 Å². The Morgan fingerprint density at radius 2 is 1.84 bits per heavy atom. The smallest absolute Gasteiger partial charge is 0.311 e. The zero-order valence-corrected chi connectivity index (χ0v) is 21.3. The van der Waals surface area contributed by atoms with Crippen molar-refractivity contribution in [2.45, 2.75) is 25.6 Å². The Hall–Kier alpha value is -3.56. The summed E-state index contributed by atoms with van der Waals surface area (Å²) in [4.78, 5) is 27.6. The van der Waals surface area contributed by atoms with Gasteiger partial charge >= 0.3 is 5.97 Å². The van der Waals surface area contributed by atoms with E-state index in [1.54, 1.807) is 17.7 Å². The number of methoxy groups -OCH3 is 2. The van der Waals surface area contributed by atoms with Gasteiger partial charge in [0.05, 0.1) is 25.7 Å². The molecule has 1 aromatic heterocycles. The summed E-state index contributed by atoms with van der Waals surface area (Å²) < 4.78 is 23.6. The molecule has 2 unspecified atom stereocenters. The normalized spacial score (nSPS) is 19.5. The summed E-state index contributed by atoms with van der Waals surface area (Å²) in [5.74, 6) is 1.70. The minimum Gasteiger partial charge on any atom is -0.497 e. The van der Waals surface area contributed by atoms with E-state index < -0.39 is 0 Å². The van der Waals surface area contributed by atoms with Gasteiger partial charge in [0.1, 0.15) is 19.0 Å². The van der Waals surface area contributed by atoms with E-state index in [1.165, 1.54) is 7.11 Å². The molecule has 196 valence electrons. The molecule has 1 fully saturated rings. The molecule has 37 heavy (non-hydrogen) atoms. The molecule has 3 aromatic rings. The van der Waals surface area contributed by atoms with Crippen LogP contribution < -0.4 is 25.1 Å². The number of benzene rings is 2. The molecule has 0 amide bonds. The summed E-state index contributed by atoms with van der Waals surface area (Å²) >= 11 is 0. The molecule has 2 aliphatic heterocycles. The number of hydrogen-bond acceptors (Lipinski definition) is 8. The maximum Gasteiger partial charge on any atom is 0.311 e. The van der Waals surface area contributed by atoms with E-state index in [0.717, 1.165) is 40.9 Å². The third-order valence-electron chi connectivity index (χ3n) is 7.22. The van der Waals surface area contributed by atoms with Crippen LogP contribution in [0.4, 0.5) is 0 Å². The van der Waals surface area contributed by atoms with Crippen LogP contribution in [0.25, 0.3) is 10.9 Å². The lowest BCUT2D eigenvalue weighted by Gasteiger charge is -2.37. The van der Waals surface area contributed by atoms with Crippen molar-refractivity contribution >= 4 is 16.9 Å². The summed E-state index contributed by atoms with van der Waals surface area (Å²) in [5.41, 5.74) is 1.86. The van der Waals surface area contributed by atoms with E-state index in [9.17, 15) is 9.59 Å². The second-order valence-corrected chi connectivity index (χ2v) is 9.43. The standard InChI is InChI=1S/C28H33N3O6/c1-34-21-6-4-20-5-8-27(32)31(24(20)16-21)12-11-30-10-9-23(22(18-30)28(33)35-2)29-17-19-3-7-25-26(15-19)37-14-13-36-25/h3-8,15-16,22-23,29H,9-14,17-18H2,1-2H3. The average Bonchev–Trinajstić information content (AvgIpc) is 2.94. The van der Waals surface area contributed by atoms with Crippen molar-refractivity contribution in [1.82, 2.24) is 14.8 Å². The second kappa shape index (κ2) is 11.2. The number of nitrogens with one attached hydrogen (secondary N) is 1. The molecule has 2 aromatic carbocycles. The zero-order chi connectivity index (χ0) is 25.8. The number of carbonyl (C=O) groups excluding carboxylic acids is 1. The van der Waals surface area contributed by atoms with Crippen LogP contribution in [0.2, 0.25) is 0 Å². The van der Waals surface area contributed by atoms with Crippen molar-refractivity contribution in [3.8, 4) is 17.2 Å². The molecule has 9 nitrogen and oxygen atoms in total. The summed E-state index contributed by atoms with van der Waals surface area (Å²) in [7, 11) is 3.05. The van der Waals surface area contributed by atoms with Crippen LogP contribution in [0, 0.1) is 5.92 Å². The van der Waals surface area contributed by atoms with Gasteiger partial charge in [-0.2, -0.15) is 0 Å². The highest BCUT2D eigenvalue weighted by molar-refractivity contribution is 5.80. The van der Waals surface area contributed by atoms with Crippen LogP contribution in [0.5, 0.6) is 17.2 Å². The molecule has 2 atom stereocenters. The minimum absolute atomic E-state index is 0.0126. The number of hydrogen-bond donors (Lipinski definition) is 1. The van der Waals surface area contributed by atoms with Crippen LogP contribution >= 0.6 is 0 Å². The van der Waals surface area contributed by atoms with Crippen LogP contribution in [0.1, 0.15) is 12.0 Å². The first-order valence-electron chi connectivity index (χ1n) is 12.7. The van der Waals surface area contributed by atoms with Crippen molar-refractivity contribution in [2.75, 3.05) is 47.1 Å². The topological polar surface area (TPSA) is 91.3 Å². The van der Waals surface area contributed by atoms with Gasteiger partial charge in [0.25, 0.3) is 5.56 Å². The van der Waals surface area contributed by atoms with Gasteiger partial charge in [0, 0.05) is 44.4 Å². The van der Waals surface area contributed by atoms with Gasteiger partial charge in [0.15, 0.2) is 11.5 Å². The fraction of sp³-hybridized carbons (Fsp3) is 0.429. The van der Waals surface area contributed by atoms with Crippen LogP contribution in [0.15, 0.2) is 53.3 Å². The van der Waals surface area contributed by atoms with Gasteiger partial charge in [-0.15, -0.1) is 0 Å². The maximum absolute atomic E-state index is 12.7. The SMILES string of the molecule is COC(=O)C1CN(CCn2c(=O)ccc3ccc(OC)cc32)CCC1NCc1ccc2c(c1)OCCO2. The van der Waals surface area contributed by atoms with Gasteiger partial charge in [-0.05, 0) is 54.2 Å². The van der Waals surface area contributed by atoms with Gasteiger partial charge in [-0.1, -0.05) is 6.07 Å². The minimum atomic E-state index is -0.305. The van der Waals surface area contributed by atoms with Crippen molar-refractivity contribution in [3.63, 3.8) is 0 Å². The molecule has 0 aliphatic carbocycles. The molecule has 0 saturated carbocycles. The lowest BCUT2D eigenvalue weighted by molar-refractivity contribution is -0.148. The van der Waals surface area contributed by atoms with Crippen molar-refractivity contribution < 1.29 is 23.7 Å². The lowest BCUT2D eigenvalue weighted by Crippen LogP contribution is -2.53. The number of pyridine rings is 1. The molecule has 0 bridgehead atoms. The number of fused-ring (bicyclic) bond motifs is 2. The van der Waals surface area contributed by atoms with Crippen LogP contribution in [-0.2, 0) is 22.6 Å². The number of nitrogens with zero attached hydrogens (tertiary/aromatic N) is 2. The first-order valence-corrected chi connectivity index (χ1v) is 12.7. The van der Waals surface area contributed by atoms with E-state index in [1.807, 2.05) is 42.5 Å². The molecule has 1 saturated heterocycles. The Labute approximate surface area is 215 Å². The van der Waals surface area contributed by atoms with E-state index in [4.69, 9.17) is 18.9 Å². The van der Waals surface area contributed by atoms with E-state index in [-0.39, 0.29) is 23.5 Å². The summed E-state index contributed by atoms with van der Waals surface area (Å²) in [5, 5.41) is 4.54. The Kier molecular flexibility index (Phi) is 7.62. The largest absolute Gasteiger partial charge is 0.497 e. The van der Waals surface area contributed by atoms with Gasteiger partial charge in [0.2, 0.25) is 0 Å². The summed E-state index contributed by atoms with van der Waals surface area (Å²) in [6, 6.07) is 15.1. The molecule has 9 heteroatoms. The number of carbonyl (C=O) groups is 1. The molecular formula is C28H33N3O6. The molecule has 0 spiro atoms. The molecular weight excluding hydrogens is 474 g/mol. The Morgan fingerprint density at radius 3 is 2.65 bits per heavy atom. The zero-order valence-electron chi connectivity index (χ0n) is 21.3. The van der Waals surface area contributed by atoms with Crippen molar-refractivity contribution in [3.05, 3.63) is 64.4 Å². The lowest BCUT2D eigenvalue weighted by atomic mass is 9.91. The monoisotopic (exact) mass is 507 g/mol. The van der Waals surface area contributed by atoms with Crippen LogP contribution in [0.3, 0.4) is 0 Å². The van der Waals surface area contributed by atoms with Crippen molar-refractivity contribution in [2.24, 2.45) is 5.92 Å². The predicted molar refractivity (Wildman–Crippen MR) is 139 cm³/mol. The second-order valence-electron chi connectivity index (χ2n) is 9.43. The number of rotatable bonds is 8. The van der Waals surface area contributed by atoms with Crippen molar-refractivity contribution in [1.29, 1.82) is 0 Å². The fourth-order valence-electron chi connectivity index (χ4n) is 5.17. The first-order chi connectivity index (χ1) is 18.1. The highest BCUT2D eigenvalue weighted by atomic mass is 16.6. The maximum atomic E-state index is 12.7. The Morgan fingerprint density at radius 1 is 1.03 bits per heavy atom. The number of esters is 1. The number of aromatic nitrogens is 1. The summed E-state index contributed by atoms with van der Waals surface area (Å²) in [6.45, 7) is 4.27. The van der Waals surface area contributed by atoms with Gasteiger partial charge < -0.3 is 33.7 Å². The predicted octanol–water partition coefficient (Wildman–Crippen LogP) is 2.43. The first kappa shape index (κ1) is 25.1. The van der Waals surface area contributed by atoms with E-state index in [2.05, 4.69) is 10.2 Å². The third-order valence-corrected chi connectivity index (χ3v) is 7.22. The number of ether oxygens (including phenoxy) is 4. The number of piperidine rings is 1. The molecule has 2 aliphatic rings. The highest BCUT2D eigenvalue weighted by Crippen LogP contribution is 2.31. The Bertz CT molecular complexity index is 1320. The Balaban J connectivity index is 1.24. The van der Waals surface area contributed by atoms with Gasteiger partial charge in [-0.3, -0.25) is 9.59 Å². The highest BCUT2D eigenvalue weighted by Gasteiger charge is 2.35. The van der Waals surface area contributed by atoms with E-state index >= 15 is 0 Å². The molecule has 3 heterocycles. The summed E-state index contributed by atoms with van der Waals surface area (Å²) in [6.07, 6.45) is 0.794. The molecule has 1 N–H and O–H groups in total. The van der Waals surface area contributed by atoms with Crippen LogP contribution in [-0.4, -0.2) is 68.5 Å². The average molecular weight is 508 g/mol. The quantitative estimate of drug-likeness (QED) is 0.465.